The minimum Gasteiger partial charge on any atom is -0.497 e. The van der Waals surface area contributed by atoms with Gasteiger partial charge < -0.3 is 9.47 Å². The van der Waals surface area contributed by atoms with E-state index < -0.39 is 12.0 Å². The summed E-state index contributed by atoms with van der Waals surface area (Å²) < 4.78 is 13.0. The molecule has 0 unspecified atom stereocenters. The third-order valence-corrected chi connectivity index (χ3v) is 7.42. The minimum absolute atomic E-state index is 0.197. The van der Waals surface area contributed by atoms with Gasteiger partial charge in [0.1, 0.15) is 5.75 Å². The fourth-order valence-corrected chi connectivity index (χ4v) is 5.77. The summed E-state index contributed by atoms with van der Waals surface area (Å²) in [5.74, 6) is 0.187. The van der Waals surface area contributed by atoms with E-state index in [2.05, 4.69) is 0 Å². The highest BCUT2D eigenvalue weighted by atomic mass is 32.1. The Kier molecular flexibility index (Phi) is 6.48. The zero-order valence-electron chi connectivity index (χ0n) is 19.1. The number of aromatic nitrogens is 1. The number of methoxy groups -OCH3 is 1. The van der Waals surface area contributed by atoms with Gasteiger partial charge >= 0.3 is 5.97 Å². The Morgan fingerprint density at radius 1 is 1.09 bits per heavy atom. The molecule has 176 valence electrons. The Hall–Kier alpha value is -3.75. The van der Waals surface area contributed by atoms with Crippen LogP contribution in [0.2, 0.25) is 0 Å². The Morgan fingerprint density at radius 3 is 2.51 bits per heavy atom. The molecule has 4 aromatic rings. The van der Waals surface area contributed by atoms with Crippen molar-refractivity contribution < 1.29 is 14.3 Å². The van der Waals surface area contributed by atoms with Gasteiger partial charge in [0.2, 0.25) is 0 Å². The van der Waals surface area contributed by atoms with E-state index in [9.17, 15) is 9.59 Å². The molecule has 1 atom stereocenters. The number of fused-ring (bicyclic) bond motifs is 1. The molecule has 0 spiro atoms. The monoisotopic (exact) mass is 502 g/mol. The zero-order chi connectivity index (χ0) is 24.4. The standard InChI is InChI=1S/C27H22N2O4S2/c1-3-33-26(31)22-23(17-8-5-4-6-9-17)28-27-29(24(22)18-11-13-19(32-2)14-12-18)25(30)21(35-27)16-20-10-7-15-34-20/h4-16,24H,3H2,1-2H3/b21-16-/t24-/m0/s1. The van der Waals surface area contributed by atoms with Gasteiger partial charge in [0, 0.05) is 10.4 Å². The maximum absolute atomic E-state index is 13.7. The molecule has 0 aliphatic carbocycles. The van der Waals surface area contributed by atoms with Crippen molar-refractivity contribution in [2.24, 2.45) is 4.99 Å². The van der Waals surface area contributed by atoms with Crippen LogP contribution < -0.4 is 19.6 Å². The number of esters is 1. The molecule has 2 aromatic heterocycles. The first-order chi connectivity index (χ1) is 17.1. The van der Waals surface area contributed by atoms with Crippen LogP contribution in [0.25, 0.3) is 11.8 Å². The Bertz CT molecular complexity index is 1560. The number of nitrogens with zero attached hydrogens (tertiary/aromatic N) is 2. The summed E-state index contributed by atoms with van der Waals surface area (Å²) >= 11 is 2.87. The maximum Gasteiger partial charge on any atom is 0.338 e. The molecule has 0 saturated carbocycles. The van der Waals surface area contributed by atoms with Crippen LogP contribution in [0.15, 0.2) is 87.5 Å². The summed E-state index contributed by atoms with van der Waals surface area (Å²) in [5, 5.41) is 1.97. The second-order valence-electron chi connectivity index (χ2n) is 7.72. The number of carbonyl (C=O) groups excluding carboxylic acids is 1. The fourth-order valence-electron chi connectivity index (χ4n) is 4.04. The molecule has 1 aliphatic rings. The van der Waals surface area contributed by atoms with Gasteiger partial charge in [-0.05, 0) is 42.1 Å². The first-order valence-electron chi connectivity index (χ1n) is 11.1. The Balaban J connectivity index is 1.83. The van der Waals surface area contributed by atoms with Gasteiger partial charge in [-0.2, -0.15) is 0 Å². The second-order valence-corrected chi connectivity index (χ2v) is 9.71. The zero-order valence-corrected chi connectivity index (χ0v) is 20.8. The lowest BCUT2D eigenvalue weighted by atomic mass is 9.93. The number of carbonyl (C=O) groups is 1. The topological polar surface area (TPSA) is 69.9 Å². The number of thiophene rings is 1. The lowest BCUT2D eigenvalue weighted by molar-refractivity contribution is -0.138. The van der Waals surface area contributed by atoms with Gasteiger partial charge in [-0.25, -0.2) is 9.79 Å². The molecule has 35 heavy (non-hydrogen) atoms. The van der Waals surface area contributed by atoms with Gasteiger partial charge in [-0.1, -0.05) is 59.9 Å². The smallest absolute Gasteiger partial charge is 0.338 e. The third kappa shape index (κ3) is 4.38. The fraction of sp³-hybridized carbons (Fsp3) is 0.148. The highest BCUT2D eigenvalue weighted by molar-refractivity contribution is 7.11. The van der Waals surface area contributed by atoms with E-state index in [1.165, 1.54) is 11.3 Å². The van der Waals surface area contributed by atoms with Crippen molar-refractivity contribution in [3.63, 3.8) is 0 Å². The predicted molar refractivity (Wildman–Crippen MR) is 138 cm³/mol. The minimum atomic E-state index is -0.697. The van der Waals surface area contributed by atoms with Crippen LogP contribution in [0, 0.1) is 0 Å². The average molecular weight is 503 g/mol. The second kappa shape index (κ2) is 9.85. The van der Waals surface area contributed by atoms with Crippen molar-refractivity contribution in [3.8, 4) is 5.75 Å². The molecule has 6 nitrogen and oxygen atoms in total. The number of thiazole rings is 1. The SMILES string of the molecule is CCOC(=O)C1=C(c2ccccc2)N=c2s/c(=C\c3cccs3)c(=O)n2[C@H]1c1ccc(OC)cc1. The number of rotatable bonds is 6. The van der Waals surface area contributed by atoms with Crippen LogP contribution in [0.5, 0.6) is 5.75 Å². The lowest BCUT2D eigenvalue weighted by Crippen LogP contribution is -2.39. The molecule has 0 N–H and O–H groups in total. The average Bonchev–Trinajstić information content (AvgIpc) is 3.51. The highest BCUT2D eigenvalue weighted by Crippen LogP contribution is 2.35. The maximum atomic E-state index is 13.7. The van der Waals surface area contributed by atoms with Gasteiger partial charge in [0.25, 0.3) is 5.56 Å². The summed E-state index contributed by atoms with van der Waals surface area (Å²) in [5.41, 5.74) is 2.19. The van der Waals surface area contributed by atoms with E-state index in [0.717, 1.165) is 16.0 Å². The molecular weight excluding hydrogens is 480 g/mol. The van der Waals surface area contributed by atoms with Crippen LogP contribution in [-0.2, 0) is 9.53 Å². The summed E-state index contributed by atoms with van der Waals surface area (Å²) in [6.07, 6.45) is 1.87. The largest absolute Gasteiger partial charge is 0.497 e. The van der Waals surface area contributed by atoms with Crippen LogP contribution in [0.3, 0.4) is 0 Å². The van der Waals surface area contributed by atoms with Gasteiger partial charge in [0.05, 0.1) is 35.6 Å². The van der Waals surface area contributed by atoms with Crippen LogP contribution in [-0.4, -0.2) is 24.3 Å². The molecule has 3 heterocycles. The molecule has 0 fully saturated rings. The molecule has 0 bridgehead atoms. The van der Waals surface area contributed by atoms with Crippen molar-refractivity contribution in [3.05, 3.63) is 113 Å². The van der Waals surface area contributed by atoms with E-state index >= 15 is 0 Å². The lowest BCUT2D eigenvalue weighted by Gasteiger charge is -2.26. The normalized spacial score (nSPS) is 15.5. The molecular formula is C27H22N2O4S2. The number of hydrogen-bond donors (Lipinski definition) is 0. The van der Waals surface area contributed by atoms with E-state index in [-0.39, 0.29) is 12.2 Å². The first-order valence-corrected chi connectivity index (χ1v) is 12.8. The van der Waals surface area contributed by atoms with Crippen molar-refractivity contribution in [1.29, 1.82) is 0 Å². The third-order valence-electron chi connectivity index (χ3n) is 5.62. The van der Waals surface area contributed by atoms with Crippen molar-refractivity contribution in [2.45, 2.75) is 13.0 Å². The summed E-state index contributed by atoms with van der Waals surface area (Å²) in [6, 6.07) is 20.1. The van der Waals surface area contributed by atoms with E-state index in [1.54, 1.807) is 29.9 Å². The van der Waals surface area contributed by atoms with E-state index in [1.807, 2.05) is 78.2 Å². The molecule has 2 aromatic carbocycles. The molecule has 8 heteroatoms. The quantitative estimate of drug-likeness (QED) is 0.374. The predicted octanol–water partition coefficient (Wildman–Crippen LogP) is 4.01. The molecule has 1 aliphatic heterocycles. The molecule has 5 rings (SSSR count). The Labute approximate surface area is 209 Å². The molecule has 0 radical (unpaired) electrons. The van der Waals surface area contributed by atoms with Crippen molar-refractivity contribution >= 4 is 40.4 Å². The van der Waals surface area contributed by atoms with Gasteiger partial charge in [0.15, 0.2) is 4.80 Å². The summed E-state index contributed by atoms with van der Waals surface area (Å²) in [7, 11) is 1.60. The van der Waals surface area contributed by atoms with E-state index in [4.69, 9.17) is 14.5 Å². The molecule has 0 saturated heterocycles. The summed E-state index contributed by atoms with van der Waals surface area (Å²) in [6.45, 7) is 1.97. The Morgan fingerprint density at radius 2 is 1.86 bits per heavy atom. The number of hydrogen-bond acceptors (Lipinski definition) is 7. The summed E-state index contributed by atoms with van der Waals surface area (Å²) in [4.78, 5) is 33.4. The van der Waals surface area contributed by atoms with Crippen molar-refractivity contribution in [1.82, 2.24) is 4.57 Å². The van der Waals surface area contributed by atoms with Crippen LogP contribution in [0.4, 0.5) is 0 Å². The number of benzene rings is 2. The highest BCUT2D eigenvalue weighted by Gasteiger charge is 2.35. The van der Waals surface area contributed by atoms with Gasteiger partial charge in [-0.15, -0.1) is 11.3 Å². The molecule has 0 amide bonds. The first kappa shape index (κ1) is 23.0. The van der Waals surface area contributed by atoms with Crippen LogP contribution in [0.1, 0.15) is 29.0 Å². The van der Waals surface area contributed by atoms with Crippen LogP contribution >= 0.6 is 22.7 Å². The number of ether oxygens (including phenoxy) is 2. The van der Waals surface area contributed by atoms with Gasteiger partial charge in [-0.3, -0.25) is 9.36 Å². The van der Waals surface area contributed by atoms with E-state index in [0.29, 0.717) is 26.4 Å². The van der Waals surface area contributed by atoms with Crippen molar-refractivity contribution in [2.75, 3.05) is 13.7 Å².